The molecule has 0 amide bonds. The van der Waals surface area contributed by atoms with Gasteiger partial charge in [-0.25, -0.2) is 18.2 Å². The van der Waals surface area contributed by atoms with Crippen molar-refractivity contribution < 1.29 is 17.9 Å². The summed E-state index contributed by atoms with van der Waals surface area (Å²) >= 11 is 6.51. The quantitative estimate of drug-likeness (QED) is 0.313. The minimum atomic E-state index is -3.26. The van der Waals surface area contributed by atoms with E-state index in [0.717, 1.165) is 17.0 Å². The van der Waals surface area contributed by atoms with Gasteiger partial charge in [-0.05, 0) is 35.6 Å². The molecule has 2 aliphatic heterocycles. The van der Waals surface area contributed by atoms with Gasteiger partial charge in [0, 0.05) is 16.8 Å². The molecule has 0 aromatic heterocycles. The fraction of sp³-hybridized carbons (Fsp3) is 0.308. The van der Waals surface area contributed by atoms with E-state index in [2.05, 4.69) is 18.9 Å². The number of esters is 1. The van der Waals surface area contributed by atoms with Crippen LogP contribution in [0.3, 0.4) is 0 Å². The molecule has 7 nitrogen and oxygen atoms in total. The highest BCUT2D eigenvalue weighted by Gasteiger charge is 2.32. The highest BCUT2D eigenvalue weighted by molar-refractivity contribution is 7.89. The molecule has 0 aliphatic carbocycles. The second-order valence-corrected chi connectivity index (χ2v) is 11.4. The Kier molecular flexibility index (Phi) is 7.05. The molecule has 0 saturated carbocycles. The minimum absolute atomic E-state index is 0.132. The largest absolute Gasteiger partial charge is 0.461 e. The summed E-state index contributed by atoms with van der Waals surface area (Å²) in [7, 11) is -3.26. The average molecular weight is 514 g/mol. The first kappa shape index (κ1) is 25.0. The van der Waals surface area contributed by atoms with Crippen LogP contribution in [0.2, 0.25) is 5.02 Å². The van der Waals surface area contributed by atoms with Crippen LogP contribution in [0, 0.1) is 0 Å². The summed E-state index contributed by atoms with van der Waals surface area (Å²) in [6.07, 6.45) is 1.17. The molecule has 0 radical (unpaired) electrons. The first-order valence-corrected chi connectivity index (χ1v) is 13.8. The predicted molar refractivity (Wildman–Crippen MR) is 138 cm³/mol. The molecular formula is C26H28ClN3O4S. The Bertz CT molecular complexity index is 1440. The van der Waals surface area contributed by atoms with Crippen LogP contribution >= 0.6 is 11.6 Å². The molecule has 0 fully saturated rings. The van der Waals surface area contributed by atoms with Crippen LogP contribution in [0.4, 0.5) is 0 Å². The van der Waals surface area contributed by atoms with E-state index in [9.17, 15) is 13.2 Å². The fourth-order valence-electron chi connectivity index (χ4n) is 4.17. The van der Waals surface area contributed by atoms with Crippen molar-refractivity contribution in [2.24, 2.45) is 0 Å². The third-order valence-corrected chi connectivity index (χ3v) is 6.88. The number of fused-ring (bicyclic) bond motifs is 1. The Morgan fingerprint density at radius 1 is 1.17 bits per heavy atom. The second kappa shape index (κ2) is 9.87. The Balaban J connectivity index is 1.94. The summed E-state index contributed by atoms with van der Waals surface area (Å²) in [4.78, 5) is 17.7. The molecule has 0 bridgehead atoms. The third kappa shape index (κ3) is 5.28. The predicted octanol–water partition coefficient (Wildman–Crippen LogP) is 5.53. The maximum absolute atomic E-state index is 13.0. The average Bonchev–Trinajstić information content (AvgIpc) is 3.33. The fourth-order valence-corrected chi connectivity index (χ4v) is 5.31. The molecule has 184 valence electrons. The number of nitrogens with one attached hydrogen (secondary N) is 1. The van der Waals surface area contributed by atoms with Crippen LogP contribution in [0.15, 0.2) is 48.5 Å². The molecule has 9 heteroatoms. The van der Waals surface area contributed by atoms with Gasteiger partial charge in [-0.3, -0.25) is 9.78 Å². The zero-order valence-corrected chi connectivity index (χ0v) is 21.7. The van der Waals surface area contributed by atoms with Crippen LogP contribution in [-0.2, 0) is 26.9 Å². The van der Waals surface area contributed by atoms with Crippen LogP contribution in [0.1, 0.15) is 54.0 Å². The molecule has 35 heavy (non-hydrogen) atoms. The lowest BCUT2D eigenvalue weighted by Crippen LogP contribution is -2.08. The van der Waals surface area contributed by atoms with Gasteiger partial charge < -0.3 is 4.74 Å². The van der Waals surface area contributed by atoms with Crippen LogP contribution in [0.25, 0.3) is 22.5 Å². The maximum Gasteiger partial charge on any atom is 0.357 e. The summed E-state index contributed by atoms with van der Waals surface area (Å²) in [6, 6.07) is 15.1. The number of aromatic amines is 1. The van der Waals surface area contributed by atoms with Crippen molar-refractivity contribution in [3.63, 3.8) is 0 Å². The van der Waals surface area contributed by atoms with E-state index in [1.807, 2.05) is 35.0 Å². The lowest BCUT2D eigenvalue weighted by Gasteiger charge is -2.11. The van der Waals surface area contributed by atoms with E-state index in [4.69, 9.17) is 21.3 Å². The highest BCUT2D eigenvalue weighted by Crippen LogP contribution is 2.42. The van der Waals surface area contributed by atoms with Gasteiger partial charge >= 0.3 is 5.97 Å². The Morgan fingerprint density at radius 3 is 2.49 bits per heavy atom. The highest BCUT2D eigenvalue weighted by atomic mass is 35.5. The SMILES string of the molecule is CCOC(=O)c1nc2c(C(C)C)[nH]n(Cc3ccccc3)c-2c1-c1ccc(CS(C)(=O)=O)c(Cl)c1. The Morgan fingerprint density at radius 2 is 1.89 bits per heavy atom. The molecule has 0 unspecified atom stereocenters. The van der Waals surface area contributed by atoms with Gasteiger partial charge in [0.2, 0.25) is 0 Å². The Hall–Kier alpha value is -3.10. The molecule has 2 aliphatic rings. The van der Waals surface area contributed by atoms with E-state index >= 15 is 0 Å². The van der Waals surface area contributed by atoms with Gasteiger partial charge in [0.05, 0.1) is 30.3 Å². The number of sulfone groups is 1. The number of aromatic nitrogens is 3. The number of rotatable bonds is 8. The van der Waals surface area contributed by atoms with Gasteiger partial charge in [0.1, 0.15) is 5.69 Å². The number of carbonyl (C=O) groups is 1. The van der Waals surface area contributed by atoms with Gasteiger partial charge in [0.25, 0.3) is 0 Å². The van der Waals surface area contributed by atoms with E-state index in [-0.39, 0.29) is 24.0 Å². The number of ether oxygens (including phenoxy) is 1. The lowest BCUT2D eigenvalue weighted by molar-refractivity contribution is 0.0521. The van der Waals surface area contributed by atoms with Gasteiger partial charge in [-0.15, -0.1) is 0 Å². The monoisotopic (exact) mass is 513 g/mol. The zero-order chi connectivity index (χ0) is 25.3. The summed E-state index contributed by atoms with van der Waals surface area (Å²) in [5.41, 5.74) is 5.44. The standard InChI is InChI=1S/C26H28ClN3O4S/c1-5-34-26(31)23-21(18-11-12-19(20(27)13-18)15-35(4,32)33)25-24(28-23)22(16(2)3)29-30(25)14-17-9-7-6-8-10-17/h6-13,16,29H,5,14-15H2,1-4H3. The number of nitrogens with zero attached hydrogens (tertiary/aromatic N) is 2. The van der Waals surface area contributed by atoms with Crippen molar-refractivity contribution in [3.8, 4) is 22.5 Å². The molecule has 2 heterocycles. The number of hydrogen-bond acceptors (Lipinski definition) is 5. The van der Waals surface area contributed by atoms with Gasteiger partial charge in [-0.1, -0.05) is 67.9 Å². The van der Waals surface area contributed by atoms with E-state index in [1.54, 1.807) is 25.1 Å². The van der Waals surface area contributed by atoms with Crippen molar-refractivity contribution in [2.45, 2.75) is 39.0 Å². The number of benzene rings is 2. The molecule has 2 aromatic rings. The second-order valence-electron chi connectivity index (χ2n) is 8.88. The number of H-pyrrole nitrogens is 1. The van der Waals surface area contributed by atoms with Crippen molar-refractivity contribution in [1.82, 2.24) is 14.8 Å². The maximum atomic E-state index is 13.0. The molecule has 4 rings (SSSR count). The van der Waals surface area contributed by atoms with E-state index in [1.165, 1.54) is 6.26 Å². The lowest BCUT2D eigenvalue weighted by atomic mass is 9.99. The van der Waals surface area contributed by atoms with Crippen LogP contribution in [0.5, 0.6) is 0 Å². The summed E-state index contributed by atoms with van der Waals surface area (Å²) in [6.45, 7) is 6.64. The third-order valence-electron chi connectivity index (χ3n) is 5.69. The first-order valence-electron chi connectivity index (χ1n) is 11.4. The van der Waals surface area contributed by atoms with Crippen molar-refractivity contribution in [1.29, 1.82) is 0 Å². The summed E-state index contributed by atoms with van der Waals surface area (Å²) < 4.78 is 30.9. The molecule has 0 saturated heterocycles. The van der Waals surface area contributed by atoms with E-state index < -0.39 is 15.8 Å². The van der Waals surface area contributed by atoms with E-state index in [0.29, 0.717) is 34.0 Å². The Labute approximate surface area is 210 Å². The van der Waals surface area contributed by atoms with Crippen molar-refractivity contribution in [2.75, 3.05) is 12.9 Å². The number of halogens is 1. The molecule has 1 N–H and O–H groups in total. The first-order chi connectivity index (χ1) is 16.6. The van der Waals surface area contributed by atoms with Gasteiger partial charge in [-0.2, -0.15) is 0 Å². The number of carbonyl (C=O) groups excluding carboxylic acids is 1. The van der Waals surface area contributed by atoms with Gasteiger partial charge in [0.15, 0.2) is 15.5 Å². The smallest absolute Gasteiger partial charge is 0.357 e. The molecule has 2 aromatic carbocycles. The minimum Gasteiger partial charge on any atom is -0.461 e. The summed E-state index contributed by atoms with van der Waals surface area (Å²) in [5.74, 6) is -0.551. The number of hydrogen-bond donors (Lipinski definition) is 1. The van der Waals surface area contributed by atoms with Crippen LogP contribution < -0.4 is 0 Å². The topological polar surface area (TPSA) is 94.0 Å². The molecule has 0 atom stereocenters. The van der Waals surface area contributed by atoms with Crippen LogP contribution in [-0.4, -0.2) is 42.0 Å². The zero-order valence-electron chi connectivity index (χ0n) is 20.1. The van der Waals surface area contributed by atoms with Crippen molar-refractivity contribution in [3.05, 3.63) is 76.1 Å². The molecular weight excluding hydrogens is 486 g/mol. The van der Waals surface area contributed by atoms with Crippen molar-refractivity contribution >= 4 is 27.4 Å². The molecule has 0 spiro atoms. The normalized spacial score (nSPS) is 11.9. The summed E-state index contributed by atoms with van der Waals surface area (Å²) in [5, 5.41) is 3.78.